The van der Waals surface area contributed by atoms with Crippen molar-refractivity contribution in [1.82, 2.24) is 9.97 Å². The van der Waals surface area contributed by atoms with E-state index in [1.54, 1.807) is 6.20 Å². The van der Waals surface area contributed by atoms with E-state index in [2.05, 4.69) is 20.6 Å². The van der Waals surface area contributed by atoms with Gasteiger partial charge in [-0.3, -0.25) is 4.79 Å². The Kier molecular flexibility index (Phi) is 4.88. The van der Waals surface area contributed by atoms with Crippen LogP contribution in [0, 0.1) is 12.8 Å². The van der Waals surface area contributed by atoms with Crippen molar-refractivity contribution < 1.29 is 4.79 Å². The Balaban J connectivity index is 2.94. The summed E-state index contributed by atoms with van der Waals surface area (Å²) in [7, 11) is 0. The zero-order valence-electron chi connectivity index (χ0n) is 11.3. The van der Waals surface area contributed by atoms with E-state index in [1.807, 2.05) is 27.7 Å². The number of amides is 1. The van der Waals surface area contributed by atoms with Gasteiger partial charge in [0.05, 0.1) is 0 Å². The molecule has 1 atom stereocenters. The number of rotatable bonds is 6. The van der Waals surface area contributed by atoms with E-state index in [0.717, 1.165) is 12.1 Å². The number of nitrogens with zero attached hydrogens (tertiary/aromatic N) is 2. The van der Waals surface area contributed by atoms with Crippen LogP contribution in [0.1, 0.15) is 26.3 Å². The molecule has 1 unspecified atom stereocenters. The van der Waals surface area contributed by atoms with Gasteiger partial charge < -0.3 is 16.4 Å². The van der Waals surface area contributed by atoms with Crippen LogP contribution in [0.5, 0.6) is 0 Å². The summed E-state index contributed by atoms with van der Waals surface area (Å²) in [6.07, 6.45) is 1.71. The first-order valence-electron chi connectivity index (χ1n) is 6.09. The molecule has 0 spiro atoms. The molecule has 1 rings (SSSR count). The van der Waals surface area contributed by atoms with Crippen molar-refractivity contribution in [3.05, 3.63) is 11.8 Å². The predicted octanol–water partition coefficient (Wildman–Crippen LogP) is 1.14. The van der Waals surface area contributed by atoms with Gasteiger partial charge in [-0.25, -0.2) is 4.98 Å². The molecule has 1 aromatic heterocycles. The van der Waals surface area contributed by atoms with Gasteiger partial charge in [0.2, 0.25) is 11.9 Å². The maximum Gasteiger partial charge on any atom is 0.240 e. The third kappa shape index (κ3) is 3.58. The molecule has 0 aliphatic heterocycles. The summed E-state index contributed by atoms with van der Waals surface area (Å²) < 4.78 is 0. The summed E-state index contributed by atoms with van der Waals surface area (Å²) in [6.45, 7) is 8.47. The molecular weight excluding hydrogens is 230 g/mol. The van der Waals surface area contributed by atoms with Gasteiger partial charge in [0.25, 0.3) is 0 Å². The first-order chi connectivity index (χ1) is 8.45. The fourth-order valence-corrected chi connectivity index (χ4v) is 1.55. The Labute approximate surface area is 107 Å². The molecule has 6 nitrogen and oxygen atoms in total. The molecule has 18 heavy (non-hydrogen) atoms. The molecule has 0 radical (unpaired) electrons. The normalized spacial score (nSPS) is 12.3. The standard InChI is InChI=1S/C12H21N5O/c1-5-14-12-15-6-8(4)11(17-12)16-9(7(2)3)10(13)18/h6-7,9H,5H2,1-4H3,(H2,13,18)(H2,14,15,16,17). The maximum absolute atomic E-state index is 11.4. The largest absolute Gasteiger partial charge is 0.368 e. The lowest BCUT2D eigenvalue weighted by Gasteiger charge is -2.20. The molecule has 0 saturated carbocycles. The van der Waals surface area contributed by atoms with E-state index in [9.17, 15) is 4.79 Å². The monoisotopic (exact) mass is 251 g/mol. The molecule has 0 aliphatic rings. The average Bonchev–Trinajstić information content (AvgIpc) is 2.29. The molecule has 100 valence electrons. The van der Waals surface area contributed by atoms with Crippen LogP contribution in [0.4, 0.5) is 11.8 Å². The van der Waals surface area contributed by atoms with Gasteiger partial charge in [0.1, 0.15) is 11.9 Å². The minimum Gasteiger partial charge on any atom is -0.368 e. The quantitative estimate of drug-likeness (QED) is 0.705. The van der Waals surface area contributed by atoms with Gasteiger partial charge in [-0.1, -0.05) is 13.8 Å². The summed E-state index contributed by atoms with van der Waals surface area (Å²) in [5, 5.41) is 6.11. The van der Waals surface area contributed by atoms with Crippen molar-refractivity contribution in [2.45, 2.75) is 33.7 Å². The van der Waals surface area contributed by atoms with E-state index in [4.69, 9.17) is 5.73 Å². The fraction of sp³-hybridized carbons (Fsp3) is 0.583. The van der Waals surface area contributed by atoms with Crippen molar-refractivity contribution in [1.29, 1.82) is 0 Å². The van der Waals surface area contributed by atoms with Crippen LogP contribution in [-0.4, -0.2) is 28.5 Å². The summed E-state index contributed by atoms with van der Waals surface area (Å²) in [5.74, 6) is 0.892. The van der Waals surface area contributed by atoms with Crippen LogP contribution in [0.3, 0.4) is 0 Å². The zero-order valence-corrected chi connectivity index (χ0v) is 11.3. The van der Waals surface area contributed by atoms with Crippen molar-refractivity contribution in [2.75, 3.05) is 17.2 Å². The molecule has 4 N–H and O–H groups in total. The third-order valence-electron chi connectivity index (χ3n) is 2.57. The molecule has 1 aromatic rings. The van der Waals surface area contributed by atoms with Gasteiger partial charge in [0.15, 0.2) is 0 Å². The van der Waals surface area contributed by atoms with Crippen LogP contribution in [0.25, 0.3) is 0 Å². The third-order valence-corrected chi connectivity index (χ3v) is 2.57. The Hall–Kier alpha value is -1.85. The maximum atomic E-state index is 11.4. The predicted molar refractivity (Wildman–Crippen MR) is 72.4 cm³/mol. The van der Waals surface area contributed by atoms with Crippen molar-refractivity contribution >= 4 is 17.7 Å². The van der Waals surface area contributed by atoms with Gasteiger partial charge in [-0.05, 0) is 19.8 Å². The van der Waals surface area contributed by atoms with Crippen molar-refractivity contribution in [3.8, 4) is 0 Å². The van der Waals surface area contributed by atoms with E-state index >= 15 is 0 Å². The first-order valence-corrected chi connectivity index (χ1v) is 6.09. The molecule has 6 heteroatoms. The summed E-state index contributed by atoms with van der Waals surface area (Å²) in [4.78, 5) is 19.8. The Morgan fingerprint density at radius 2 is 2.17 bits per heavy atom. The van der Waals surface area contributed by atoms with E-state index < -0.39 is 6.04 Å². The number of anilines is 2. The minimum absolute atomic E-state index is 0.0967. The zero-order chi connectivity index (χ0) is 13.7. The Morgan fingerprint density at radius 3 is 2.67 bits per heavy atom. The SMILES string of the molecule is CCNc1ncc(C)c(NC(C(N)=O)C(C)C)n1. The lowest BCUT2D eigenvalue weighted by atomic mass is 10.0. The summed E-state index contributed by atoms with van der Waals surface area (Å²) >= 11 is 0. The number of hydrogen-bond donors (Lipinski definition) is 3. The van der Waals surface area contributed by atoms with E-state index in [-0.39, 0.29) is 11.8 Å². The summed E-state index contributed by atoms with van der Waals surface area (Å²) in [6, 6.07) is -0.437. The molecule has 0 bridgehead atoms. The molecular formula is C12H21N5O. The van der Waals surface area contributed by atoms with Crippen LogP contribution < -0.4 is 16.4 Å². The number of nitrogens with two attached hydrogens (primary N) is 1. The van der Waals surface area contributed by atoms with Crippen LogP contribution >= 0.6 is 0 Å². The second-order valence-electron chi connectivity index (χ2n) is 4.52. The lowest BCUT2D eigenvalue weighted by molar-refractivity contribution is -0.119. The summed E-state index contributed by atoms with van der Waals surface area (Å²) in [5.41, 5.74) is 6.25. The number of carbonyl (C=O) groups excluding carboxylic acids is 1. The fourth-order valence-electron chi connectivity index (χ4n) is 1.55. The second kappa shape index (κ2) is 6.18. The van der Waals surface area contributed by atoms with E-state index in [0.29, 0.717) is 11.8 Å². The number of nitrogens with one attached hydrogen (secondary N) is 2. The number of aromatic nitrogens is 2. The minimum atomic E-state index is -0.437. The van der Waals surface area contributed by atoms with Crippen LogP contribution in [0.2, 0.25) is 0 Å². The number of carbonyl (C=O) groups is 1. The highest BCUT2D eigenvalue weighted by Gasteiger charge is 2.20. The average molecular weight is 251 g/mol. The lowest BCUT2D eigenvalue weighted by Crippen LogP contribution is -2.40. The van der Waals surface area contributed by atoms with Gasteiger partial charge in [-0.15, -0.1) is 0 Å². The molecule has 1 heterocycles. The Morgan fingerprint density at radius 1 is 1.50 bits per heavy atom. The number of hydrogen-bond acceptors (Lipinski definition) is 5. The van der Waals surface area contributed by atoms with Gasteiger partial charge in [-0.2, -0.15) is 4.98 Å². The smallest absolute Gasteiger partial charge is 0.240 e. The molecule has 1 amide bonds. The second-order valence-corrected chi connectivity index (χ2v) is 4.52. The van der Waals surface area contributed by atoms with Crippen molar-refractivity contribution in [2.24, 2.45) is 11.7 Å². The Bertz CT molecular complexity index is 419. The molecule has 0 aliphatic carbocycles. The van der Waals surface area contributed by atoms with Gasteiger partial charge in [0, 0.05) is 18.3 Å². The van der Waals surface area contributed by atoms with Crippen LogP contribution in [0.15, 0.2) is 6.20 Å². The van der Waals surface area contributed by atoms with E-state index in [1.165, 1.54) is 0 Å². The van der Waals surface area contributed by atoms with Crippen molar-refractivity contribution in [3.63, 3.8) is 0 Å². The van der Waals surface area contributed by atoms with Gasteiger partial charge >= 0.3 is 0 Å². The number of primary amides is 1. The van der Waals surface area contributed by atoms with Crippen LogP contribution in [-0.2, 0) is 4.79 Å². The highest BCUT2D eigenvalue weighted by atomic mass is 16.1. The first kappa shape index (κ1) is 14.2. The topological polar surface area (TPSA) is 92.9 Å². The highest BCUT2D eigenvalue weighted by Crippen LogP contribution is 2.16. The molecule has 0 fully saturated rings. The molecule has 0 aromatic carbocycles. The number of aryl methyl sites for hydroxylation is 1. The molecule has 0 saturated heterocycles. The highest BCUT2D eigenvalue weighted by molar-refractivity contribution is 5.83.